The number of anilines is 2. The van der Waals surface area contributed by atoms with Gasteiger partial charge in [0.1, 0.15) is 17.1 Å². The summed E-state index contributed by atoms with van der Waals surface area (Å²) < 4.78 is 0. The Morgan fingerprint density at radius 1 is 0.761 bits per heavy atom. The van der Waals surface area contributed by atoms with Gasteiger partial charge in [0, 0.05) is 31.3 Å². The van der Waals surface area contributed by atoms with E-state index in [4.69, 9.17) is 5.73 Å². The number of aliphatic hydroxyl groups is 3. The number of ketones is 2. The van der Waals surface area contributed by atoms with Crippen molar-refractivity contribution in [3.63, 3.8) is 0 Å². The largest absolute Gasteiger partial charge is 0.510 e. The number of allylic oxidation sites excluding steroid dienone is 1. The minimum Gasteiger partial charge on any atom is -0.510 e. The molecule has 0 unspecified atom stereocenters. The van der Waals surface area contributed by atoms with Crippen LogP contribution in [0.5, 0.6) is 5.75 Å². The molecule has 4 aromatic rings. The summed E-state index contributed by atoms with van der Waals surface area (Å²) >= 11 is 0. The molecule has 0 spiro atoms. The van der Waals surface area contributed by atoms with Crippen LogP contribution in [0.3, 0.4) is 0 Å². The molecular formula is C53H65N4O9P. The average molecular weight is 933 g/mol. The number of likely N-dealkylation sites (N-methyl/N-ethyl adjacent to an activating group) is 1. The normalized spacial score (nSPS) is 21.0. The van der Waals surface area contributed by atoms with Crippen LogP contribution in [0.2, 0.25) is 0 Å². The predicted octanol–water partition coefficient (Wildman–Crippen LogP) is 6.46. The van der Waals surface area contributed by atoms with Crippen molar-refractivity contribution in [2.75, 3.05) is 44.6 Å². The third-order valence-corrected chi connectivity index (χ3v) is 19.8. The van der Waals surface area contributed by atoms with Crippen molar-refractivity contribution in [1.82, 2.24) is 4.90 Å². The molecule has 3 aliphatic carbocycles. The van der Waals surface area contributed by atoms with Gasteiger partial charge in [0.15, 0.2) is 17.1 Å². The molecule has 3 aliphatic rings. The quantitative estimate of drug-likeness (QED) is 0.0235. The molecule has 13 nitrogen and oxygen atoms in total. The standard InChI is InChI=1S/C53H65N4O9P/c1-56(2)41-33-40(47(59)44-38(41)31-34-32-39-46(57(3)4)49(61)45(52(54)64)51(63)53(39,65)50(62)43(34)48(44)60)55-42(58)29-21-10-8-6-5-7-9-11-22-30-67(66,35-23-15-12-16-24-35,36-25-17-13-18-26-36)37-27-19-14-20-28-37/h12-20,23-28,33-34,39,46,59,61-62,65-66H,5-11,21-22,29-32H2,1-4H3,(H2,54,64)(H,55,58)/t34-,39-,46-,53-/m0/s1. The number of aliphatic hydroxyl groups excluding tert-OH is 2. The third kappa shape index (κ3) is 8.79. The number of fused-ring (bicyclic) bond motifs is 3. The summed E-state index contributed by atoms with van der Waals surface area (Å²) in [6.45, 7) is -3.73. The molecule has 0 heterocycles. The van der Waals surface area contributed by atoms with Gasteiger partial charge >= 0.3 is 195 Å². The topological polar surface area (TPSA) is 214 Å². The van der Waals surface area contributed by atoms with Crippen molar-refractivity contribution in [1.29, 1.82) is 0 Å². The Bertz CT molecular complexity index is 2480. The van der Waals surface area contributed by atoms with Gasteiger partial charge < -0.3 is 36.4 Å². The van der Waals surface area contributed by atoms with Crippen LogP contribution in [-0.2, 0) is 20.8 Å². The molecule has 0 bridgehead atoms. The molecule has 0 saturated carbocycles. The van der Waals surface area contributed by atoms with Crippen LogP contribution < -0.4 is 31.9 Å². The molecular weight excluding hydrogens is 868 g/mol. The first kappa shape index (κ1) is 49.1. The zero-order valence-corrected chi connectivity index (χ0v) is 39.8. The zero-order chi connectivity index (χ0) is 48.3. The maximum absolute atomic E-state index is 14.4. The van der Waals surface area contributed by atoms with E-state index in [0.717, 1.165) is 67.3 Å². The van der Waals surface area contributed by atoms with Gasteiger partial charge in [-0.2, -0.15) is 0 Å². The van der Waals surface area contributed by atoms with Crippen molar-refractivity contribution in [3.05, 3.63) is 131 Å². The Kier molecular flexibility index (Phi) is 14.5. The van der Waals surface area contributed by atoms with E-state index in [1.54, 1.807) is 39.2 Å². The van der Waals surface area contributed by atoms with Gasteiger partial charge in [-0.1, -0.05) is 0 Å². The molecule has 7 rings (SSSR count). The Hall–Kier alpha value is -5.85. The fraction of sp³-hybridized carbons (Fsp3) is 0.396. The van der Waals surface area contributed by atoms with E-state index in [2.05, 4.69) is 41.7 Å². The summed E-state index contributed by atoms with van der Waals surface area (Å²) in [5.41, 5.74) is 2.46. The Balaban J connectivity index is 0.937. The van der Waals surface area contributed by atoms with Crippen molar-refractivity contribution in [2.45, 2.75) is 88.7 Å². The van der Waals surface area contributed by atoms with E-state index in [1.807, 2.05) is 54.6 Å². The number of carbonyl (C=O) groups excluding carboxylic acids is 4. The van der Waals surface area contributed by atoms with E-state index < -0.39 is 70.6 Å². The van der Waals surface area contributed by atoms with Gasteiger partial charge in [-0.05, 0) is 44.5 Å². The van der Waals surface area contributed by atoms with Crippen molar-refractivity contribution < 1.29 is 44.5 Å². The number of hydrogen-bond acceptors (Lipinski definition) is 11. The Morgan fingerprint density at radius 3 is 1.73 bits per heavy atom. The molecule has 4 atom stereocenters. The number of amides is 2. The summed E-state index contributed by atoms with van der Waals surface area (Å²) in [5, 5.41) is 52.0. The smallest absolute Gasteiger partial charge is 0.255 e. The number of unbranched alkanes of at least 4 members (excludes halogenated alkanes) is 8. The molecule has 0 saturated heterocycles. The number of phenols is 1. The number of hydrogen-bond donors (Lipinski definition) is 7. The fourth-order valence-electron chi connectivity index (χ4n) is 11.0. The summed E-state index contributed by atoms with van der Waals surface area (Å²) in [6.07, 6.45) is 9.51. The van der Waals surface area contributed by atoms with Crippen LogP contribution >= 0.6 is 6.83 Å². The maximum Gasteiger partial charge on any atom is 0.255 e. The average Bonchev–Trinajstić information content (AvgIpc) is 3.30. The van der Waals surface area contributed by atoms with Gasteiger partial charge in [0.05, 0.1) is 17.3 Å². The van der Waals surface area contributed by atoms with Gasteiger partial charge in [-0.15, -0.1) is 0 Å². The number of nitrogens with one attached hydrogen (secondary N) is 1. The van der Waals surface area contributed by atoms with E-state index in [1.165, 1.54) is 4.90 Å². The molecule has 4 aromatic carbocycles. The van der Waals surface area contributed by atoms with E-state index in [-0.39, 0.29) is 42.0 Å². The van der Waals surface area contributed by atoms with E-state index >= 15 is 0 Å². The number of carbonyl (C=O) groups is 4. The van der Waals surface area contributed by atoms with Crippen LogP contribution in [0.4, 0.5) is 11.4 Å². The number of benzene rings is 4. The second-order valence-corrected chi connectivity index (χ2v) is 23.5. The molecule has 0 aliphatic heterocycles. The summed E-state index contributed by atoms with van der Waals surface area (Å²) in [6, 6.07) is 31.0. The van der Waals surface area contributed by atoms with E-state index in [0.29, 0.717) is 23.8 Å². The monoisotopic (exact) mass is 932 g/mol. The molecule has 0 radical (unpaired) electrons. The first-order chi connectivity index (χ1) is 32.0. The zero-order valence-electron chi connectivity index (χ0n) is 39.0. The number of primary amides is 1. The first-order valence-corrected chi connectivity index (χ1v) is 25.8. The van der Waals surface area contributed by atoms with Crippen molar-refractivity contribution in [2.24, 2.45) is 17.6 Å². The molecule has 356 valence electrons. The molecule has 14 heteroatoms. The Labute approximate surface area is 393 Å². The van der Waals surface area contributed by atoms with Gasteiger partial charge in [0.2, 0.25) is 5.78 Å². The van der Waals surface area contributed by atoms with Crippen LogP contribution in [-0.4, -0.2) is 99.6 Å². The van der Waals surface area contributed by atoms with Gasteiger partial charge in [-0.25, -0.2) is 0 Å². The number of phenolic OH excluding ortho intramolecular Hbond substituents is 1. The predicted molar refractivity (Wildman–Crippen MR) is 265 cm³/mol. The number of rotatable bonds is 19. The maximum atomic E-state index is 14.4. The van der Waals surface area contributed by atoms with Crippen LogP contribution in [0, 0.1) is 11.8 Å². The first-order valence-electron chi connectivity index (χ1n) is 23.4. The summed E-state index contributed by atoms with van der Waals surface area (Å²) in [5.74, 6) is -7.66. The molecule has 0 fully saturated rings. The fourth-order valence-corrected chi connectivity index (χ4v) is 16.0. The number of aromatic hydroxyl groups is 1. The van der Waals surface area contributed by atoms with Crippen molar-refractivity contribution in [3.8, 4) is 5.75 Å². The number of Topliss-reactive ketones (excluding diaryl/α,β-unsaturated/α-hetero) is 2. The van der Waals surface area contributed by atoms with Crippen molar-refractivity contribution >= 4 is 57.5 Å². The summed E-state index contributed by atoms with van der Waals surface area (Å²) in [4.78, 5) is 70.3. The van der Waals surface area contributed by atoms with Crippen LogP contribution in [0.1, 0.15) is 86.6 Å². The number of nitrogens with zero attached hydrogens (tertiary/aromatic N) is 2. The molecule has 8 N–H and O–H groups in total. The van der Waals surface area contributed by atoms with Gasteiger partial charge in [-0.3, -0.25) is 24.1 Å². The summed E-state index contributed by atoms with van der Waals surface area (Å²) in [7, 11) is 6.70. The third-order valence-electron chi connectivity index (χ3n) is 14.4. The molecule has 2 amide bonds. The minimum absolute atomic E-state index is 0.0141. The molecule has 67 heavy (non-hydrogen) atoms. The second-order valence-electron chi connectivity index (χ2n) is 19.0. The second kappa shape index (κ2) is 19.8. The van der Waals surface area contributed by atoms with Crippen LogP contribution in [0.25, 0.3) is 0 Å². The minimum atomic E-state index is -3.73. The molecule has 0 aromatic heterocycles. The Morgan fingerprint density at radius 2 is 1.25 bits per heavy atom. The van der Waals surface area contributed by atoms with Gasteiger partial charge in [0.25, 0.3) is 5.91 Å². The SMILES string of the molecule is CN(C)c1cc(NC(=O)CCCCCCCCCCCP(O)(c2ccccc2)(c2ccccc2)c2ccccc2)c(O)c2c1C[C@H]1C[C@H]3[C@H](N(C)C)C(O)=C(C(N)=O)C(=O)[C@@]3(O)C(O)=C1C2=O. The van der Waals surface area contributed by atoms with E-state index in [9.17, 15) is 44.5 Å². The van der Waals surface area contributed by atoms with Crippen LogP contribution in [0.15, 0.2) is 120 Å². The number of nitrogens with two attached hydrogens (primary N) is 1.